The molecule has 6 nitrogen and oxygen atoms in total. The first-order valence-electron chi connectivity index (χ1n) is 10.6. The number of benzene rings is 2. The van der Waals surface area contributed by atoms with Crippen LogP contribution >= 0.6 is 0 Å². The molecule has 0 amide bonds. The van der Waals surface area contributed by atoms with E-state index < -0.39 is 17.7 Å². The molecular formula is C26H30O6. The summed E-state index contributed by atoms with van der Waals surface area (Å²) < 4.78 is 11.0. The molecule has 0 fully saturated rings. The molecule has 2 unspecified atom stereocenters. The van der Waals surface area contributed by atoms with E-state index >= 15 is 0 Å². The van der Waals surface area contributed by atoms with Gasteiger partial charge in [0.1, 0.15) is 17.2 Å². The van der Waals surface area contributed by atoms with E-state index in [-0.39, 0.29) is 28.4 Å². The number of methoxy groups -OCH3 is 1. The average molecular weight is 439 g/mol. The van der Waals surface area contributed by atoms with E-state index in [2.05, 4.69) is 19.9 Å². The SMILES string of the molecule is COC1Oc2cc(O)ccc2C(=O)C1(O)c1ccc(O)c(C/C=C(\C)CCC=C(C)C)c1. The zero-order valence-corrected chi connectivity index (χ0v) is 18.9. The first-order chi connectivity index (χ1) is 15.2. The summed E-state index contributed by atoms with van der Waals surface area (Å²) in [6.07, 6.45) is 5.22. The molecule has 2 aromatic rings. The first-order valence-corrected chi connectivity index (χ1v) is 10.6. The quantitative estimate of drug-likeness (QED) is 0.539. The zero-order valence-electron chi connectivity index (χ0n) is 18.9. The maximum absolute atomic E-state index is 13.3. The molecule has 0 saturated carbocycles. The summed E-state index contributed by atoms with van der Waals surface area (Å²) in [6, 6.07) is 8.63. The summed E-state index contributed by atoms with van der Waals surface area (Å²) in [4.78, 5) is 13.3. The number of aromatic hydroxyl groups is 2. The molecule has 170 valence electrons. The van der Waals surface area contributed by atoms with Gasteiger partial charge in [-0.1, -0.05) is 29.4 Å². The summed E-state index contributed by atoms with van der Waals surface area (Å²) in [6.45, 7) is 6.18. The van der Waals surface area contributed by atoms with Crippen LogP contribution in [0.25, 0.3) is 0 Å². The summed E-state index contributed by atoms with van der Waals surface area (Å²) >= 11 is 0. The van der Waals surface area contributed by atoms with Crippen LogP contribution < -0.4 is 4.74 Å². The van der Waals surface area contributed by atoms with E-state index in [9.17, 15) is 20.1 Å². The maximum atomic E-state index is 13.3. The summed E-state index contributed by atoms with van der Waals surface area (Å²) in [5, 5.41) is 31.5. The highest BCUT2D eigenvalue weighted by Gasteiger charge is 2.52. The molecule has 3 N–H and O–H groups in total. The van der Waals surface area contributed by atoms with Gasteiger partial charge in [-0.25, -0.2) is 0 Å². The van der Waals surface area contributed by atoms with E-state index in [4.69, 9.17) is 9.47 Å². The smallest absolute Gasteiger partial charge is 0.240 e. The van der Waals surface area contributed by atoms with Gasteiger partial charge in [0.05, 0.1) is 5.56 Å². The number of ether oxygens (including phenoxy) is 2. The average Bonchev–Trinajstić information content (AvgIpc) is 2.75. The van der Waals surface area contributed by atoms with E-state index in [1.165, 1.54) is 48.6 Å². The van der Waals surface area contributed by atoms with Crippen LogP contribution in [0.2, 0.25) is 0 Å². The highest BCUT2D eigenvalue weighted by molar-refractivity contribution is 6.06. The third-order valence-electron chi connectivity index (χ3n) is 5.63. The third-order valence-corrected chi connectivity index (χ3v) is 5.63. The molecule has 0 saturated heterocycles. The van der Waals surface area contributed by atoms with Crippen molar-refractivity contribution < 1.29 is 29.6 Å². The van der Waals surface area contributed by atoms with Crippen molar-refractivity contribution in [1.82, 2.24) is 0 Å². The zero-order chi connectivity index (χ0) is 23.5. The minimum atomic E-state index is -2.11. The third kappa shape index (κ3) is 4.71. The molecule has 32 heavy (non-hydrogen) atoms. The minimum absolute atomic E-state index is 0.0597. The Labute approximate surface area is 188 Å². The molecule has 1 aliphatic heterocycles. The molecule has 0 bridgehead atoms. The lowest BCUT2D eigenvalue weighted by atomic mass is 9.82. The van der Waals surface area contributed by atoms with Crippen LogP contribution in [0.1, 0.15) is 55.1 Å². The monoisotopic (exact) mass is 438 g/mol. The van der Waals surface area contributed by atoms with Crippen molar-refractivity contribution in [3.63, 3.8) is 0 Å². The van der Waals surface area contributed by atoms with E-state index in [0.29, 0.717) is 12.0 Å². The number of aliphatic hydroxyl groups is 1. The van der Waals surface area contributed by atoms with Gasteiger partial charge in [-0.15, -0.1) is 0 Å². The summed E-state index contributed by atoms with van der Waals surface area (Å²) in [5.41, 5.74) is 1.34. The van der Waals surface area contributed by atoms with Crippen molar-refractivity contribution in [2.24, 2.45) is 0 Å². The van der Waals surface area contributed by atoms with Crippen LogP contribution in [0, 0.1) is 0 Å². The molecule has 1 heterocycles. The van der Waals surface area contributed by atoms with Gasteiger partial charge in [-0.05, 0) is 75.4 Å². The van der Waals surface area contributed by atoms with Gasteiger partial charge in [-0.3, -0.25) is 4.79 Å². The fourth-order valence-corrected chi connectivity index (χ4v) is 3.76. The number of fused-ring (bicyclic) bond motifs is 1. The maximum Gasteiger partial charge on any atom is 0.240 e. The van der Waals surface area contributed by atoms with Crippen molar-refractivity contribution in [1.29, 1.82) is 0 Å². The number of rotatable bonds is 7. The van der Waals surface area contributed by atoms with E-state index in [0.717, 1.165) is 12.8 Å². The van der Waals surface area contributed by atoms with Gasteiger partial charge < -0.3 is 24.8 Å². The van der Waals surface area contributed by atoms with Crippen LogP contribution in [-0.4, -0.2) is 34.5 Å². The normalized spacial score (nSPS) is 20.5. The molecule has 3 rings (SSSR count). The van der Waals surface area contributed by atoms with Crippen molar-refractivity contribution in [2.75, 3.05) is 7.11 Å². The second-order valence-electron chi connectivity index (χ2n) is 8.38. The Morgan fingerprint density at radius 3 is 2.56 bits per heavy atom. The highest BCUT2D eigenvalue weighted by atomic mass is 16.7. The van der Waals surface area contributed by atoms with Gasteiger partial charge in [0.15, 0.2) is 0 Å². The number of phenolic OH excluding ortho intramolecular Hbond substituents is 2. The molecule has 0 aliphatic carbocycles. The van der Waals surface area contributed by atoms with Crippen LogP contribution in [0.5, 0.6) is 17.2 Å². The van der Waals surface area contributed by atoms with E-state index in [1.807, 2.05) is 13.0 Å². The lowest BCUT2D eigenvalue weighted by molar-refractivity contribution is -0.173. The summed E-state index contributed by atoms with van der Waals surface area (Å²) in [5.74, 6) is -0.444. The second-order valence-corrected chi connectivity index (χ2v) is 8.38. The Morgan fingerprint density at radius 1 is 1.12 bits per heavy atom. The van der Waals surface area contributed by atoms with Gasteiger partial charge >= 0.3 is 0 Å². The van der Waals surface area contributed by atoms with E-state index in [1.54, 1.807) is 6.07 Å². The largest absolute Gasteiger partial charge is 0.508 e. The van der Waals surface area contributed by atoms with Gasteiger partial charge in [0.25, 0.3) is 0 Å². The van der Waals surface area contributed by atoms with Gasteiger partial charge in [0.2, 0.25) is 17.7 Å². The Hall–Kier alpha value is -3.09. The molecule has 0 aromatic heterocycles. The fourth-order valence-electron chi connectivity index (χ4n) is 3.76. The molecular weight excluding hydrogens is 408 g/mol. The summed E-state index contributed by atoms with van der Waals surface area (Å²) in [7, 11) is 1.33. The molecule has 0 radical (unpaired) electrons. The van der Waals surface area contributed by atoms with Crippen molar-refractivity contribution in [3.05, 3.63) is 76.4 Å². The molecule has 1 aliphatic rings. The molecule has 6 heteroatoms. The Balaban J connectivity index is 1.92. The Kier molecular flexibility index (Phi) is 7.06. The van der Waals surface area contributed by atoms with Crippen LogP contribution in [0.3, 0.4) is 0 Å². The lowest BCUT2D eigenvalue weighted by Gasteiger charge is -2.38. The molecule has 2 aromatic carbocycles. The number of carbonyl (C=O) groups is 1. The van der Waals surface area contributed by atoms with Crippen molar-refractivity contribution in [2.45, 2.75) is 51.9 Å². The fraction of sp³-hybridized carbons (Fsp3) is 0.346. The number of allylic oxidation sites excluding steroid dienone is 4. The van der Waals surface area contributed by atoms with Crippen molar-refractivity contribution >= 4 is 5.78 Å². The van der Waals surface area contributed by atoms with Crippen LogP contribution in [-0.2, 0) is 16.8 Å². The highest BCUT2D eigenvalue weighted by Crippen LogP contribution is 2.42. The Morgan fingerprint density at radius 2 is 1.88 bits per heavy atom. The molecule has 0 spiro atoms. The Bertz CT molecular complexity index is 1060. The number of hydrogen-bond donors (Lipinski definition) is 3. The number of ketones is 1. The van der Waals surface area contributed by atoms with Gasteiger partial charge in [0, 0.05) is 13.2 Å². The lowest BCUT2D eigenvalue weighted by Crippen LogP contribution is -2.53. The van der Waals surface area contributed by atoms with Crippen molar-refractivity contribution in [3.8, 4) is 17.2 Å². The molecule has 2 atom stereocenters. The number of Topliss-reactive ketones (excluding diaryl/α,β-unsaturated/α-hetero) is 1. The predicted molar refractivity (Wildman–Crippen MR) is 122 cm³/mol. The number of phenols is 2. The topological polar surface area (TPSA) is 96.2 Å². The van der Waals surface area contributed by atoms with Crippen LogP contribution in [0.15, 0.2) is 59.7 Å². The van der Waals surface area contributed by atoms with Crippen LogP contribution in [0.4, 0.5) is 0 Å². The predicted octanol–water partition coefficient (Wildman–Crippen LogP) is 4.77. The number of carbonyl (C=O) groups excluding carboxylic acids is 1. The second kappa shape index (κ2) is 9.59. The standard InChI is InChI=1S/C26H30O6/c1-16(2)6-5-7-17(3)8-9-18-14-19(10-13-22(18)28)26(30)24(29)21-12-11-20(27)15-23(21)32-25(26)31-4/h6,8,10-15,25,27-28,30H,5,7,9H2,1-4H3/b17-8+. The van der Waals surface area contributed by atoms with Gasteiger partial charge in [-0.2, -0.15) is 0 Å². The number of hydrogen-bond acceptors (Lipinski definition) is 6. The minimum Gasteiger partial charge on any atom is -0.508 e. The first kappa shape index (κ1) is 23.6.